The van der Waals surface area contributed by atoms with Crippen molar-refractivity contribution in [3.05, 3.63) is 59.7 Å². The third-order valence-corrected chi connectivity index (χ3v) is 3.59. The number of esters is 1. The Balaban J connectivity index is 2.00. The van der Waals surface area contributed by atoms with Gasteiger partial charge in [0.25, 0.3) is 0 Å². The van der Waals surface area contributed by atoms with Gasteiger partial charge >= 0.3 is 11.9 Å². The molecule has 0 bridgehead atoms. The Bertz CT molecular complexity index is 733. The van der Waals surface area contributed by atoms with Crippen molar-refractivity contribution in [1.29, 1.82) is 0 Å². The zero-order chi connectivity index (χ0) is 17.5. The van der Waals surface area contributed by atoms with Crippen molar-refractivity contribution >= 4 is 23.8 Å². The maximum Gasteiger partial charge on any atom is 0.335 e. The largest absolute Gasteiger partial charge is 0.478 e. The molecule has 0 aromatic heterocycles. The lowest BCUT2D eigenvalue weighted by Gasteiger charge is -2.08. The van der Waals surface area contributed by atoms with E-state index in [0.29, 0.717) is 11.4 Å². The summed E-state index contributed by atoms with van der Waals surface area (Å²) in [6.45, 7) is 3.77. The summed E-state index contributed by atoms with van der Waals surface area (Å²) in [5, 5.41) is 8.85. The van der Waals surface area contributed by atoms with Crippen LogP contribution in [0.1, 0.15) is 36.2 Å². The second-order valence-corrected chi connectivity index (χ2v) is 5.41. The van der Waals surface area contributed by atoms with E-state index in [1.807, 2.05) is 13.8 Å². The molecule has 1 N–H and O–H groups in total. The van der Waals surface area contributed by atoms with Gasteiger partial charge in [0.2, 0.25) is 0 Å². The van der Waals surface area contributed by atoms with Crippen LogP contribution in [0.2, 0.25) is 0 Å². The number of nitrogens with zero attached hydrogens (tertiary/aromatic N) is 1. The van der Waals surface area contributed by atoms with Crippen LogP contribution in [-0.4, -0.2) is 23.3 Å². The minimum atomic E-state index is -0.965. The summed E-state index contributed by atoms with van der Waals surface area (Å²) in [4.78, 5) is 26.8. The van der Waals surface area contributed by atoms with Gasteiger partial charge in [0.05, 0.1) is 17.2 Å². The molecule has 124 valence electrons. The van der Waals surface area contributed by atoms with Crippen molar-refractivity contribution < 1.29 is 19.4 Å². The number of carbonyl (C=O) groups is 2. The van der Waals surface area contributed by atoms with Crippen LogP contribution in [0.15, 0.2) is 53.5 Å². The Labute approximate surface area is 140 Å². The van der Waals surface area contributed by atoms with E-state index in [1.54, 1.807) is 42.6 Å². The van der Waals surface area contributed by atoms with Gasteiger partial charge in [0.15, 0.2) is 0 Å². The lowest BCUT2D eigenvalue weighted by molar-refractivity contribution is -0.138. The van der Waals surface area contributed by atoms with Crippen LogP contribution in [0.4, 0.5) is 5.69 Å². The normalized spacial score (nSPS) is 12.1. The summed E-state index contributed by atoms with van der Waals surface area (Å²) in [7, 11) is 0. The standard InChI is InChI=1S/C19H19NO4/c1-3-13(2)19(23)24-17-10-4-14(5-11-17)12-20-16-8-6-15(7-9-16)18(21)22/h4-13H,3H2,1-2H3,(H,21,22). The number of ether oxygens (including phenoxy) is 1. The Morgan fingerprint density at radius 2 is 1.75 bits per heavy atom. The Hall–Kier alpha value is -2.95. The summed E-state index contributed by atoms with van der Waals surface area (Å²) >= 11 is 0. The van der Waals surface area contributed by atoms with Crippen LogP contribution >= 0.6 is 0 Å². The minimum Gasteiger partial charge on any atom is -0.478 e. The van der Waals surface area contributed by atoms with Crippen molar-refractivity contribution in [2.75, 3.05) is 0 Å². The molecule has 0 radical (unpaired) electrons. The average Bonchev–Trinajstić information content (AvgIpc) is 2.60. The number of carboxylic acid groups (broad SMARTS) is 1. The molecule has 2 aromatic carbocycles. The number of hydrogen-bond donors (Lipinski definition) is 1. The smallest absolute Gasteiger partial charge is 0.335 e. The summed E-state index contributed by atoms with van der Waals surface area (Å²) in [6, 6.07) is 13.3. The van der Waals surface area contributed by atoms with E-state index in [4.69, 9.17) is 9.84 Å². The fourth-order valence-electron chi connectivity index (χ4n) is 1.84. The predicted octanol–water partition coefficient (Wildman–Crippen LogP) is 4.09. The number of rotatable bonds is 6. The molecule has 0 amide bonds. The van der Waals surface area contributed by atoms with Gasteiger partial charge in [0.1, 0.15) is 5.75 Å². The van der Waals surface area contributed by atoms with Crippen molar-refractivity contribution in [3.63, 3.8) is 0 Å². The molecule has 0 heterocycles. The fraction of sp³-hybridized carbons (Fsp3) is 0.211. The highest BCUT2D eigenvalue weighted by Gasteiger charge is 2.12. The van der Waals surface area contributed by atoms with Crippen LogP contribution in [0, 0.1) is 5.92 Å². The Morgan fingerprint density at radius 1 is 1.12 bits per heavy atom. The topological polar surface area (TPSA) is 76.0 Å². The highest BCUT2D eigenvalue weighted by atomic mass is 16.5. The SMILES string of the molecule is CCC(C)C(=O)Oc1ccc(C=Nc2ccc(C(=O)O)cc2)cc1. The minimum absolute atomic E-state index is 0.125. The van der Waals surface area contributed by atoms with Gasteiger partial charge in [-0.25, -0.2) is 4.79 Å². The number of carboxylic acids is 1. The zero-order valence-electron chi connectivity index (χ0n) is 13.6. The van der Waals surface area contributed by atoms with Crippen molar-refractivity contribution in [1.82, 2.24) is 0 Å². The van der Waals surface area contributed by atoms with Crippen LogP contribution in [-0.2, 0) is 4.79 Å². The second kappa shape index (κ2) is 8.06. The molecule has 0 fully saturated rings. The number of aromatic carboxylic acids is 1. The van der Waals surface area contributed by atoms with Gasteiger partial charge in [-0.05, 0) is 60.5 Å². The van der Waals surface area contributed by atoms with E-state index in [2.05, 4.69) is 4.99 Å². The predicted molar refractivity (Wildman–Crippen MR) is 92.2 cm³/mol. The van der Waals surface area contributed by atoms with Gasteiger partial charge in [0, 0.05) is 6.21 Å². The molecule has 2 rings (SSSR count). The maximum absolute atomic E-state index is 11.7. The van der Waals surface area contributed by atoms with Crippen molar-refractivity contribution in [3.8, 4) is 5.75 Å². The van der Waals surface area contributed by atoms with E-state index < -0.39 is 5.97 Å². The molecule has 1 unspecified atom stereocenters. The third kappa shape index (κ3) is 4.78. The molecule has 0 saturated carbocycles. The first-order valence-electron chi connectivity index (χ1n) is 7.68. The van der Waals surface area contributed by atoms with E-state index >= 15 is 0 Å². The summed E-state index contributed by atoms with van der Waals surface area (Å²) in [5.74, 6) is -0.825. The highest BCUT2D eigenvalue weighted by molar-refractivity contribution is 5.88. The lowest BCUT2D eigenvalue weighted by Crippen LogP contribution is -2.16. The van der Waals surface area contributed by atoms with Crippen LogP contribution in [0.5, 0.6) is 5.75 Å². The summed E-state index contributed by atoms with van der Waals surface area (Å²) in [5.41, 5.74) is 1.73. The quantitative estimate of drug-likeness (QED) is 0.493. The van der Waals surface area contributed by atoms with Gasteiger partial charge in [-0.15, -0.1) is 0 Å². The van der Waals surface area contributed by atoms with Crippen molar-refractivity contribution in [2.45, 2.75) is 20.3 Å². The Kier molecular flexibility index (Phi) is 5.84. The first-order valence-corrected chi connectivity index (χ1v) is 7.68. The van der Waals surface area contributed by atoms with Crippen molar-refractivity contribution in [2.24, 2.45) is 10.9 Å². The maximum atomic E-state index is 11.7. The van der Waals surface area contributed by atoms with Gasteiger partial charge < -0.3 is 9.84 Å². The summed E-state index contributed by atoms with van der Waals surface area (Å²) < 4.78 is 5.28. The number of benzene rings is 2. The average molecular weight is 325 g/mol. The monoisotopic (exact) mass is 325 g/mol. The van der Waals surface area contributed by atoms with E-state index in [0.717, 1.165) is 12.0 Å². The van der Waals surface area contributed by atoms with Crippen LogP contribution < -0.4 is 4.74 Å². The number of carbonyl (C=O) groups excluding carboxylic acids is 1. The van der Waals surface area contributed by atoms with E-state index in [-0.39, 0.29) is 17.5 Å². The highest BCUT2D eigenvalue weighted by Crippen LogP contribution is 2.16. The lowest BCUT2D eigenvalue weighted by atomic mass is 10.1. The van der Waals surface area contributed by atoms with Gasteiger partial charge in [-0.2, -0.15) is 0 Å². The summed E-state index contributed by atoms with van der Waals surface area (Å²) in [6.07, 6.45) is 2.40. The molecule has 1 atom stereocenters. The molecule has 0 aliphatic carbocycles. The number of hydrogen-bond acceptors (Lipinski definition) is 4. The molecule has 0 spiro atoms. The molecule has 5 nitrogen and oxygen atoms in total. The fourth-order valence-corrected chi connectivity index (χ4v) is 1.84. The Morgan fingerprint density at radius 3 is 2.29 bits per heavy atom. The zero-order valence-corrected chi connectivity index (χ0v) is 13.6. The molecule has 0 aliphatic rings. The molecule has 0 saturated heterocycles. The second-order valence-electron chi connectivity index (χ2n) is 5.41. The molecule has 24 heavy (non-hydrogen) atoms. The third-order valence-electron chi connectivity index (χ3n) is 3.59. The molecular formula is C19H19NO4. The van der Waals surface area contributed by atoms with E-state index in [1.165, 1.54) is 12.1 Å². The van der Waals surface area contributed by atoms with Crippen LogP contribution in [0.25, 0.3) is 0 Å². The van der Waals surface area contributed by atoms with Gasteiger partial charge in [-0.3, -0.25) is 9.79 Å². The molecular weight excluding hydrogens is 306 g/mol. The molecule has 2 aromatic rings. The van der Waals surface area contributed by atoms with Gasteiger partial charge in [-0.1, -0.05) is 13.8 Å². The first-order chi connectivity index (χ1) is 11.5. The number of aliphatic imine (C=N–C) groups is 1. The molecule has 5 heteroatoms. The van der Waals surface area contributed by atoms with E-state index in [9.17, 15) is 9.59 Å². The first kappa shape index (κ1) is 17.4. The van der Waals surface area contributed by atoms with Crippen LogP contribution in [0.3, 0.4) is 0 Å². The molecule has 0 aliphatic heterocycles.